The van der Waals surface area contributed by atoms with E-state index < -0.39 is 20.5 Å². The van der Waals surface area contributed by atoms with Crippen LogP contribution in [0, 0.1) is 20.5 Å². The fraction of sp³-hybridized carbons (Fsp3) is 1.00. The standard InChI is InChI=1S/C16H37N5.2ClHO4.Cu/c1-18-8-5-9-20(3)15-16-21(11-4-7-17)12-6-10-19(2)14-13-18;2*2-1(3,4)5;/h4-17H2,1-3H3;2*(H,2,3,4,5);/q;;;+2/p-2. The summed E-state index contributed by atoms with van der Waals surface area (Å²) in [4.78, 5) is 10.00. The topological polar surface area (TPSA) is 223 Å². The summed E-state index contributed by atoms with van der Waals surface area (Å²) in [5, 5.41) is 0. The van der Waals surface area contributed by atoms with E-state index in [1.165, 1.54) is 65.2 Å². The van der Waals surface area contributed by atoms with Crippen LogP contribution in [0.2, 0.25) is 0 Å². The predicted octanol–water partition coefficient (Wildman–Crippen LogP) is -9.29. The normalized spacial score (nSPS) is 19.5. The molecule has 199 valence electrons. The van der Waals surface area contributed by atoms with Crippen LogP contribution >= 0.6 is 0 Å². The molecule has 2 N–H and O–H groups in total. The van der Waals surface area contributed by atoms with Gasteiger partial charge in [0.25, 0.3) is 0 Å². The minimum Gasteiger partial charge on any atom is -0.330 e. The van der Waals surface area contributed by atoms with Gasteiger partial charge in [0, 0.05) is 26.2 Å². The van der Waals surface area contributed by atoms with E-state index in [1.54, 1.807) is 0 Å². The summed E-state index contributed by atoms with van der Waals surface area (Å²) in [6.07, 6.45) is 3.64. The average Bonchev–Trinajstić information content (AvgIpc) is 2.58. The smallest absolute Gasteiger partial charge is 0.330 e. The first kappa shape index (κ1) is 37.1. The minimum absolute atomic E-state index is 0. The van der Waals surface area contributed by atoms with Crippen molar-refractivity contribution < 1.29 is 74.8 Å². The number of hydrogen-bond donors (Lipinski definition) is 1. The van der Waals surface area contributed by atoms with Crippen LogP contribution in [-0.4, -0.2) is 106 Å². The Labute approximate surface area is 205 Å². The van der Waals surface area contributed by atoms with Crippen molar-refractivity contribution in [2.24, 2.45) is 5.73 Å². The zero-order valence-corrected chi connectivity index (χ0v) is 21.3. The fourth-order valence-corrected chi connectivity index (χ4v) is 2.81. The van der Waals surface area contributed by atoms with Gasteiger partial charge in [-0.1, -0.05) is 0 Å². The molecule has 0 bridgehead atoms. The Balaban J connectivity index is -0.000000640. The quantitative estimate of drug-likeness (QED) is 0.316. The Bertz CT molecular complexity index is 401. The van der Waals surface area contributed by atoms with E-state index in [2.05, 4.69) is 40.7 Å². The van der Waals surface area contributed by atoms with Gasteiger partial charge in [-0.2, -0.15) is 0 Å². The van der Waals surface area contributed by atoms with Gasteiger partial charge in [0.1, 0.15) is 0 Å². The van der Waals surface area contributed by atoms with E-state index in [0.717, 1.165) is 19.5 Å². The molecule has 1 fully saturated rings. The zero-order valence-electron chi connectivity index (χ0n) is 18.9. The summed E-state index contributed by atoms with van der Waals surface area (Å²) in [5.74, 6) is 0. The molecule has 1 heterocycles. The SMILES string of the molecule is CN1CCCN(C)CCN(CCCN)CCCN(C)CC1.[Cu+2].[O-][Cl+3]([O-])([O-])[O-].[O-][Cl+3]([O-])([O-])[O-]. The summed E-state index contributed by atoms with van der Waals surface area (Å²) in [6.45, 7) is 11.5. The van der Waals surface area contributed by atoms with Gasteiger partial charge < -0.3 is 25.3 Å². The van der Waals surface area contributed by atoms with Crippen LogP contribution in [0.3, 0.4) is 0 Å². The number of halogens is 2. The Kier molecular flexibility index (Phi) is 24.3. The molecule has 0 aromatic carbocycles. The minimum atomic E-state index is -4.94. The molecule has 0 saturated carbocycles. The third-order valence-corrected chi connectivity index (χ3v) is 4.43. The fourth-order valence-electron chi connectivity index (χ4n) is 2.81. The molecule has 13 nitrogen and oxygen atoms in total. The van der Waals surface area contributed by atoms with Gasteiger partial charge in [-0.15, -0.1) is 20.5 Å². The number of likely N-dealkylation sites (N-methyl/N-ethyl adjacent to an activating group) is 3. The van der Waals surface area contributed by atoms with Gasteiger partial charge in [0.2, 0.25) is 0 Å². The van der Waals surface area contributed by atoms with E-state index in [0.29, 0.717) is 0 Å². The number of nitrogens with two attached hydrogens (primary N) is 1. The van der Waals surface area contributed by atoms with Crippen LogP contribution < -0.4 is 43.0 Å². The van der Waals surface area contributed by atoms with Crippen LogP contribution in [0.5, 0.6) is 0 Å². The molecule has 0 unspecified atom stereocenters. The molecule has 0 atom stereocenters. The first-order chi connectivity index (χ1) is 14.1. The Morgan fingerprint density at radius 2 is 0.906 bits per heavy atom. The van der Waals surface area contributed by atoms with E-state index in [-0.39, 0.29) is 17.1 Å². The molecule has 16 heteroatoms. The van der Waals surface area contributed by atoms with Crippen LogP contribution in [0.15, 0.2) is 0 Å². The molecular formula is C16H37Cl2CuN5O8. The van der Waals surface area contributed by atoms with Gasteiger partial charge >= 0.3 is 17.1 Å². The maximum Gasteiger partial charge on any atom is 2.00 e. The molecule has 1 radical (unpaired) electrons. The second-order valence-electron chi connectivity index (χ2n) is 7.36. The van der Waals surface area contributed by atoms with Gasteiger partial charge in [-0.05, 0) is 79.7 Å². The van der Waals surface area contributed by atoms with Crippen molar-refractivity contribution >= 4 is 0 Å². The maximum atomic E-state index is 8.49. The number of hydrogen-bond acceptors (Lipinski definition) is 13. The van der Waals surface area contributed by atoms with Crippen molar-refractivity contribution in [2.45, 2.75) is 19.3 Å². The molecule has 1 saturated heterocycles. The zero-order chi connectivity index (χ0) is 24.5. The molecule has 32 heavy (non-hydrogen) atoms. The summed E-state index contributed by atoms with van der Waals surface area (Å²) in [6, 6.07) is 0. The summed E-state index contributed by atoms with van der Waals surface area (Å²) < 4.78 is 67.9. The van der Waals surface area contributed by atoms with Gasteiger partial charge in [0.15, 0.2) is 0 Å². The van der Waals surface area contributed by atoms with E-state index >= 15 is 0 Å². The largest absolute Gasteiger partial charge is 2.00 e. The van der Waals surface area contributed by atoms with Crippen molar-refractivity contribution in [1.29, 1.82) is 0 Å². The first-order valence-corrected chi connectivity index (χ1v) is 12.3. The molecular weight excluding hydrogens is 525 g/mol. The average molecular weight is 562 g/mol. The second kappa shape index (κ2) is 20.9. The van der Waals surface area contributed by atoms with Crippen molar-refractivity contribution in [3.8, 4) is 0 Å². The van der Waals surface area contributed by atoms with Gasteiger partial charge in [-0.25, -0.2) is 37.3 Å². The third kappa shape index (κ3) is 37.9. The molecule has 1 aliphatic heterocycles. The molecule has 1 aliphatic rings. The monoisotopic (exact) mass is 560 g/mol. The van der Waals surface area contributed by atoms with Crippen LogP contribution in [-0.2, 0) is 17.1 Å². The first-order valence-electron chi connectivity index (χ1n) is 9.83. The summed E-state index contributed by atoms with van der Waals surface area (Å²) in [5.41, 5.74) is 5.67. The van der Waals surface area contributed by atoms with Crippen molar-refractivity contribution in [1.82, 2.24) is 19.6 Å². The summed E-state index contributed by atoms with van der Waals surface area (Å²) >= 11 is 0. The second-order valence-corrected chi connectivity index (χ2v) is 8.87. The van der Waals surface area contributed by atoms with Crippen LogP contribution in [0.25, 0.3) is 0 Å². The van der Waals surface area contributed by atoms with Crippen LogP contribution in [0.4, 0.5) is 0 Å². The van der Waals surface area contributed by atoms with Gasteiger partial charge in [0.05, 0.1) is 0 Å². The van der Waals surface area contributed by atoms with Crippen molar-refractivity contribution in [3.05, 3.63) is 0 Å². The Hall–Kier alpha value is 0.579. The van der Waals surface area contributed by atoms with Gasteiger partial charge in [-0.3, -0.25) is 0 Å². The third-order valence-electron chi connectivity index (χ3n) is 4.43. The summed E-state index contributed by atoms with van der Waals surface area (Å²) in [7, 11) is -3.15. The molecule has 0 aliphatic carbocycles. The van der Waals surface area contributed by atoms with Crippen molar-refractivity contribution in [2.75, 3.05) is 86.6 Å². The van der Waals surface area contributed by atoms with E-state index in [4.69, 9.17) is 43.0 Å². The molecule has 0 amide bonds. The predicted molar refractivity (Wildman–Crippen MR) is 91.8 cm³/mol. The molecule has 0 aromatic rings. The van der Waals surface area contributed by atoms with Crippen LogP contribution in [0.1, 0.15) is 19.3 Å². The number of nitrogens with zero attached hydrogens (tertiary/aromatic N) is 4. The number of rotatable bonds is 3. The Morgan fingerprint density at radius 3 is 1.25 bits per heavy atom. The maximum absolute atomic E-state index is 8.49. The van der Waals surface area contributed by atoms with Crippen molar-refractivity contribution in [3.63, 3.8) is 0 Å². The molecule has 0 spiro atoms. The van der Waals surface area contributed by atoms with E-state index in [1.807, 2.05) is 0 Å². The molecule has 1 rings (SSSR count). The molecule has 0 aromatic heterocycles. The van der Waals surface area contributed by atoms with E-state index in [9.17, 15) is 0 Å². The Morgan fingerprint density at radius 1 is 0.594 bits per heavy atom.